The minimum absolute atomic E-state index is 0.161. The molecule has 41 heavy (non-hydrogen) atoms. The van der Waals surface area contributed by atoms with E-state index in [9.17, 15) is 4.79 Å². The van der Waals surface area contributed by atoms with Gasteiger partial charge in [-0.3, -0.25) is 4.40 Å². The number of fused-ring (bicyclic) bond motifs is 1. The van der Waals surface area contributed by atoms with Gasteiger partial charge in [-0.05, 0) is 66.1 Å². The molecule has 3 heterocycles. The third-order valence-electron chi connectivity index (χ3n) is 8.31. The van der Waals surface area contributed by atoms with Crippen LogP contribution in [0.2, 0.25) is 0 Å². The van der Waals surface area contributed by atoms with Crippen molar-refractivity contribution in [3.8, 4) is 22.5 Å². The second-order valence-electron chi connectivity index (χ2n) is 11.2. The highest BCUT2D eigenvalue weighted by atomic mass is 16.6. The van der Waals surface area contributed by atoms with Crippen LogP contribution in [0.15, 0.2) is 66.9 Å². The third-order valence-corrected chi connectivity index (χ3v) is 8.31. The predicted molar refractivity (Wildman–Crippen MR) is 155 cm³/mol. The van der Waals surface area contributed by atoms with Gasteiger partial charge in [-0.25, -0.2) is 9.78 Å². The van der Waals surface area contributed by atoms with Crippen LogP contribution < -0.4 is 5.32 Å². The summed E-state index contributed by atoms with van der Waals surface area (Å²) in [5, 5.41) is 17.7. The van der Waals surface area contributed by atoms with Gasteiger partial charge in [0, 0.05) is 23.7 Å². The first-order chi connectivity index (χ1) is 20.1. The second-order valence-corrected chi connectivity index (χ2v) is 11.2. The Bertz CT molecular complexity index is 1670. The standard InChI is InChI=1S/C32H33N7O2/c1-20-11-18-28(39-19-27(22-14-15-22)34-31(20)39)29(41-32(40)33-24-7-3-2-4-8-24)23-16-12-21(13-17-23)25-9-5-6-10-26(25)30-35-37-38-36-30/h5-6,9-13,16-19,22,24,29H,2-4,7-8,14-15H2,1H3,(H,33,40)(H,35,36,37,38). The summed E-state index contributed by atoms with van der Waals surface area (Å²) >= 11 is 0. The number of tetrazole rings is 1. The fraction of sp³-hybridized carbons (Fsp3) is 0.344. The summed E-state index contributed by atoms with van der Waals surface area (Å²) in [6.45, 7) is 2.07. The molecule has 9 heteroatoms. The number of H-pyrrole nitrogens is 1. The van der Waals surface area contributed by atoms with E-state index in [1.807, 2.05) is 36.4 Å². The van der Waals surface area contributed by atoms with Crippen LogP contribution in [0.3, 0.4) is 0 Å². The molecule has 2 aromatic carbocycles. The highest BCUT2D eigenvalue weighted by molar-refractivity contribution is 5.80. The summed E-state index contributed by atoms with van der Waals surface area (Å²) in [5.74, 6) is 1.06. The number of carbonyl (C=O) groups excluding carboxylic acids is 1. The summed E-state index contributed by atoms with van der Waals surface area (Å²) < 4.78 is 8.37. The highest BCUT2D eigenvalue weighted by Gasteiger charge is 2.29. The average Bonchev–Trinajstić information content (AvgIpc) is 3.51. The fourth-order valence-corrected chi connectivity index (χ4v) is 5.93. The number of carbonyl (C=O) groups is 1. The van der Waals surface area contributed by atoms with E-state index in [2.05, 4.69) is 67.7 Å². The van der Waals surface area contributed by atoms with E-state index >= 15 is 0 Å². The first kappa shape index (κ1) is 25.4. The molecule has 9 nitrogen and oxygen atoms in total. The van der Waals surface area contributed by atoms with Gasteiger partial charge in [-0.1, -0.05) is 73.9 Å². The molecule has 0 saturated heterocycles. The van der Waals surface area contributed by atoms with Gasteiger partial charge in [0.25, 0.3) is 0 Å². The van der Waals surface area contributed by atoms with Gasteiger partial charge in [0.1, 0.15) is 5.65 Å². The number of imidazole rings is 1. The molecule has 0 spiro atoms. The first-order valence-electron chi connectivity index (χ1n) is 14.5. The van der Waals surface area contributed by atoms with Crippen LogP contribution in [0.4, 0.5) is 4.79 Å². The van der Waals surface area contributed by atoms with Gasteiger partial charge in [0.2, 0.25) is 5.82 Å². The maximum absolute atomic E-state index is 13.3. The van der Waals surface area contributed by atoms with E-state index < -0.39 is 6.10 Å². The van der Waals surface area contributed by atoms with E-state index in [1.165, 1.54) is 19.3 Å². The van der Waals surface area contributed by atoms with Crippen LogP contribution in [0.5, 0.6) is 0 Å². The molecule has 7 rings (SSSR count). The topological polar surface area (TPSA) is 110 Å². The summed E-state index contributed by atoms with van der Waals surface area (Å²) in [5.41, 5.74) is 7.77. The van der Waals surface area contributed by atoms with E-state index in [-0.39, 0.29) is 12.1 Å². The van der Waals surface area contributed by atoms with Crippen LogP contribution in [-0.2, 0) is 4.74 Å². The van der Waals surface area contributed by atoms with Gasteiger partial charge in [-0.15, -0.1) is 10.2 Å². The Morgan fingerprint density at radius 3 is 2.49 bits per heavy atom. The molecule has 2 N–H and O–H groups in total. The average molecular weight is 548 g/mol. The lowest BCUT2D eigenvalue weighted by molar-refractivity contribution is 0.108. The number of rotatable bonds is 7. The Kier molecular flexibility index (Phi) is 6.70. The van der Waals surface area contributed by atoms with Crippen molar-refractivity contribution in [1.29, 1.82) is 0 Å². The molecule has 1 amide bonds. The number of aromatic nitrogens is 6. The highest BCUT2D eigenvalue weighted by Crippen LogP contribution is 2.40. The van der Waals surface area contributed by atoms with Crippen LogP contribution in [0, 0.1) is 6.92 Å². The zero-order valence-corrected chi connectivity index (χ0v) is 23.1. The Hall–Kier alpha value is -4.53. The number of aromatic amines is 1. The Morgan fingerprint density at radius 2 is 1.76 bits per heavy atom. The van der Waals surface area contributed by atoms with E-state index in [4.69, 9.17) is 9.72 Å². The SMILES string of the molecule is Cc1ccc(C(OC(=O)NC2CCCCC2)c2ccc(-c3ccccc3-c3nn[nH]n3)cc2)n2cc(C3CC3)nc12. The van der Waals surface area contributed by atoms with E-state index in [0.29, 0.717) is 11.7 Å². The van der Waals surface area contributed by atoms with Crippen LogP contribution in [-0.4, -0.2) is 42.1 Å². The number of benzene rings is 2. The largest absolute Gasteiger partial charge is 0.435 e. The van der Waals surface area contributed by atoms with Gasteiger partial charge < -0.3 is 10.1 Å². The molecular weight excluding hydrogens is 514 g/mol. The molecule has 0 radical (unpaired) electrons. The molecule has 2 saturated carbocycles. The first-order valence-corrected chi connectivity index (χ1v) is 14.5. The van der Waals surface area contributed by atoms with Crippen molar-refractivity contribution in [2.75, 3.05) is 0 Å². The number of ether oxygens (including phenoxy) is 1. The molecule has 2 fully saturated rings. The van der Waals surface area contributed by atoms with Crippen LogP contribution in [0.25, 0.3) is 28.2 Å². The second kappa shape index (κ2) is 10.8. The number of hydrogen-bond donors (Lipinski definition) is 2. The molecule has 0 bridgehead atoms. The van der Waals surface area contributed by atoms with Gasteiger partial charge in [0.05, 0.1) is 11.4 Å². The van der Waals surface area contributed by atoms with Crippen molar-refractivity contribution < 1.29 is 9.53 Å². The molecular formula is C32H33N7O2. The number of nitrogens with zero attached hydrogens (tertiary/aromatic N) is 5. The molecule has 0 aliphatic heterocycles. The molecule has 208 valence electrons. The number of hydrogen-bond acceptors (Lipinski definition) is 6. The lowest BCUT2D eigenvalue weighted by Gasteiger charge is -2.25. The molecule has 1 unspecified atom stereocenters. The lowest BCUT2D eigenvalue weighted by atomic mass is 9.96. The number of pyridine rings is 1. The lowest BCUT2D eigenvalue weighted by Crippen LogP contribution is -2.37. The van der Waals surface area contributed by atoms with Crippen molar-refractivity contribution in [2.45, 2.75) is 69.9 Å². The number of aryl methyl sites for hydroxylation is 1. The normalized spacial score (nSPS) is 16.5. The van der Waals surface area contributed by atoms with Crippen molar-refractivity contribution in [3.05, 3.63) is 89.4 Å². The Morgan fingerprint density at radius 1 is 0.976 bits per heavy atom. The predicted octanol–water partition coefficient (Wildman–Crippen LogP) is 6.52. The zero-order chi connectivity index (χ0) is 27.8. The molecule has 2 aliphatic rings. The number of amides is 1. The summed E-state index contributed by atoms with van der Waals surface area (Å²) in [6, 6.07) is 20.4. The van der Waals surface area contributed by atoms with E-state index in [1.54, 1.807) is 0 Å². The monoisotopic (exact) mass is 547 g/mol. The Balaban J connectivity index is 1.25. The summed E-state index contributed by atoms with van der Waals surface area (Å²) in [6.07, 6.45) is 8.98. The molecule has 2 aliphatic carbocycles. The van der Waals surface area contributed by atoms with Gasteiger partial charge in [0.15, 0.2) is 6.10 Å². The van der Waals surface area contributed by atoms with Crippen molar-refractivity contribution in [1.82, 2.24) is 35.3 Å². The van der Waals surface area contributed by atoms with Crippen molar-refractivity contribution >= 4 is 11.7 Å². The summed E-state index contributed by atoms with van der Waals surface area (Å²) in [7, 11) is 0. The summed E-state index contributed by atoms with van der Waals surface area (Å²) in [4.78, 5) is 18.2. The van der Waals surface area contributed by atoms with Gasteiger partial charge in [-0.2, -0.15) is 5.21 Å². The Labute approximate surface area is 238 Å². The molecule has 3 aromatic heterocycles. The zero-order valence-electron chi connectivity index (χ0n) is 23.1. The molecule has 5 aromatic rings. The smallest absolute Gasteiger partial charge is 0.408 e. The number of nitrogens with one attached hydrogen (secondary N) is 2. The van der Waals surface area contributed by atoms with Gasteiger partial charge >= 0.3 is 6.09 Å². The minimum Gasteiger partial charge on any atom is -0.435 e. The number of alkyl carbamates (subject to hydrolysis) is 1. The maximum Gasteiger partial charge on any atom is 0.408 e. The maximum atomic E-state index is 13.3. The van der Waals surface area contributed by atoms with Crippen LogP contribution >= 0.6 is 0 Å². The minimum atomic E-state index is -0.607. The van der Waals surface area contributed by atoms with Crippen molar-refractivity contribution in [3.63, 3.8) is 0 Å². The van der Waals surface area contributed by atoms with Crippen LogP contribution in [0.1, 0.15) is 79.5 Å². The van der Waals surface area contributed by atoms with E-state index in [0.717, 1.165) is 70.5 Å². The molecule has 1 atom stereocenters. The fourth-order valence-electron chi connectivity index (χ4n) is 5.93. The third kappa shape index (κ3) is 5.19. The van der Waals surface area contributed by atoms with Crippen molar-refractivity contribution in [2.24, 2.45) is 0 Å². The quantitative estimate of drug-likeness (QED) is 0.240.